The Morgan fingerprint density at radius 3 is 2.09 bits per heavy atom. The molecule has 1 saturated heterocycles. The zero-order valence-corrected chi connectivity index (χ0v) is 36.4. The Morgan fingerprint density at radius 2 is 1.36 bits per heavy atom. The van der Waals surface area contributed by atoms with E-state index in [1.165, 1.54) is 37.7 Å². The molecule has 0 amide bonds. The average molecular weight is 844 g/mol. The number of esters is 1. The van der Waals surface area contributed by atoms with E-state index in [1.54, 1.807) is 0 Å². The summed E-state index contributed by atoms with van der Waals surface area (Å²) >= 11 is -1.44. The Labute approximate surface area is 350 Å². The van der Waals surface area contributed by atoms with Crippen molar-refractivity contribution in [3.05, 3.63) is 11.6 Å². The molecule has 1 spiro atoms. The van der Waals surface area contributed by atoms with Crippen molar-refractivity contribution in [1.82, 2.24) is 0 Å². The molecule has 1 heterocycles. The molecule has 321 valence electrons. The van der Waals surface area contributed by atoms with Gasteiger partial charge in [0.05, 0.1) is 17.3 Å². The third-order valence-electron chi connectivity index (χ3n) is 22.4. The first-order valence-corrected chi connectivity index (χ1v) is 24.6. The molecule has 22 atom stereocenters. The molecule has 10 heteroatoms. The summed E-state index contributed by atoms with van der Waals surface area (Å²) < 4.78 is 23.0. The number of carbonyl (C=O) groups excluding carboxylic acids is 2. The zero-order chi connectivity index (χ0) is 40.7. The SMILES string of the molecule is C[C@]12CCC(=O)C=C1[C@@H]1C[C@@H]1C1C2CC[C@@]2(C)C1[C@@H]1C[C@@H]1[C@@]21CCC(=O)O1.C[C@]12CCC3C(C1[C@@H]1C[C@@H]1[C@@]2(O)CCCO)[C@H]1C[C@H]1[C@]1(O)C[C@@H](O)CC[C@]31C.[O]=[Mn]=[O]. The second-order valence-corrected chi connectivity index (χ2v) is 24.0. The van der Waals surface area contributed by atoms with Crippen LogP contribution in [0, 0.1) is 105 Å². The van der Waals surface area contributed by atoms with E-state index in [9.17, 15) is 30.0 Å². The first-order valence-electron chi connectivity index (χ1n) is 23.6. The van der Waals surface area contributed by atoms with Crippen molar-refractivity contribution in [2.24, 2.45) is 105 Å². The van der Waals surface area contributed by atoms with Crippen molar-refractivity contribution >= 4 is 11.8 Å². The fraction of sp³-hybridized carbons (Fsp3) is 0.917. The second-order valence-electron chi connectivity index (χ2n) is 23.8. The maximum absolute atomic E-state index is 12.2. The van der Waals surface area contributed by atoms with Crippen molar-refractivity contribution in [3.8, 4) is 0 Å². The van der Waals surface area contributed by atoms with Gasteiger partial charge in [-0.15, -0.1) is 0 Å². The minimum atomic E-state index is -1.44. The molecule has 6 unspecified atom stereocenters. The van der Waals surface area contributed by atoms with E-state index in [0.29, 0.717) is 78.3 Å². The summed E-state index contributed by atoms with van der Waals surface area (Å²) in [7, 11) is 0. The van der Waals surface area contributed by atoms with Gasteiger partial charge in [-0.05, 0) is 189 Å². The first kappa shape index (κ1) is 39.7. The van der Waals surface area contributed by atoms with Gasteiger partial charge >= 0.3 is 28.5 Å². The third kappa shape index (κ3) is 4.76. The number of ketones is 1. The van der Waals surface area contributed by atoms with E-state index in [-0.39, 0.29) is 45.9 Å². The predicted octanol–water partition coefficient (Wildman–Crippen LogP) is 6.79. The molecule has 0 aromatic rings. The van der Waals surface area contributed by atoms with E-state index < -0.39 is 26.0 Å². The van der Waals surface area contributed by atoms with E-state index in [1.807, 2.05) is 0 Å². The van der Waals surface area contributed by atoms with Crippen molar-refractivity contribution in [1.29, 1.82) is 0 Å². The Bertz CT molecular complexity index is 1880. The number of aliphatic hydroxyl groups is 4. The molecule has 0 aromatic heterocycles. The number of hydrogen-bond acceptors (Lipinski definition) is 9. The van der Waals surface area contributed by atoms with Gasteiger partial charge in [-0.1, -0.05) is 33.3 Å². The molecule has 12 aliphatic carbocycles. The molecule has 11 saturated carbocycles. The molecule has 0 radical (unpaired) electrons. The Hall–Kier alpha value is -1.16. The van der Waals surface area contributed by atoms with Crippen LogP contribution in [0.5, 0.6) is 0 Å². The summed E-state index contributed by atoms with van der Waals surface area (Å²) in [6, 6.07) is 0. The number of ether oxygens (including phenoxy) is 1. The van der Waals surface area contributed by atoms with Gasteiger partial charge in [0.2, 0.25) is 0 Å². The molecular formula is C48H68MnO9. The Kier molecular flexibility index (Phi) is 8.56. The van der Waals surface area contributed by atoms with Gasteiger partial charge in [0.25, 0.3) is 0 Å². The van der Waals surface area contributed by atoms with Crippen molar-refractivity contribution < 1.29 is 57.2 Å². The van der Waals surface area contributed by atoms with Crippen LogP contribution in [-0.4, -0.2) is 61.7 Å². The van der Waals surface area contributed by atoms with Crippen LogP contribution in [0.2, 0.25) is 0 Å². The second kappa shape index (κ2) is 12.5. The van der Waals surface area contributed by atoms with Crippen LogP contribution >= 0.6 is 0 Å². The Morgan fingerprint density at radius 1 is 0.724 bits per heavy atom. The van der Waals surface area contributed by atoms with Crippen LogP contribution in [0.15, 0.2) is 11.6 Å². The van der Waals surface area contributed by atoms with Crippen LogP contribution in [-0.2, 0) is 36.8 Å². The number of fused-ring (bicyclic) bond motifs is 22. The summed E-state index contributed by atoms with van der Waals surface area (Å²) in [5.41, 5.74) is 0.468. The van der Waals surface area contributed by atoms with E-state index in [0.717, 1.165) is 87.4 Å². The first-order chi connectivity index (χ1) is 27.5. The number of carbonyl (C=O) groups is 2. The molecule has 58 heavy (non-hydrogen) atoms. The third-order valence-corrected chi connectivity index (χ3v) is 22.4. The van der Waals surface area contributed by atoms with Crippen LogP contribution in [0.3, 0.4) is 0 Å². The van der Waals surface area contributed by atoms with E-state index in [4.69, 9.17) is 12.4 Å². The predicted molar refractivity (Wildman–Crippen MR) is 206 cm³/mol. The number of aliphatic hydroxyl groups excluding tert-OH is 2. The van der Waals surface area contributed by atoms with Gasteiger partial charge in [0.15, 0.2) is 5.78 Å². The molecule has 0 aromatic carbocycles. The summed E-state index contributed by atoms with van der Waals surface area (Å²) in [6.07, 6.45) is 18.5. The topological polar surface area (TPSA) is 158 Å². The summed E-state index contributed by atoms with van der Waals surface area (Å²) in [6.45, 7) is 9.86. The number of rotatable bonds is 3. The molecule has 13 aliphatic rings. The summed E-state index contributed by atoms with van der Waals surface area (Å²) in [5.74, 6) is 9.47. The van der Waals surface area contributed by atoms with Crippen molar-refractivity contribution in [3.63, 3.8) is 0 Å². The molecule has 9 nitrogen and oxygen atoms in total. The summed E-state index contributed by atoms with van der Waals surface area (Å²) in [4.78, 5) is 24.3. The Balaban J connectivity index is 0.000000125. The standard InChI is InChI=1S/C24H38O4.C24H30O3.Mn.2O/c1-21-7-4-13(26)12-24(21,28)17-10-14(17)19-16(21)5-8-22(2)20(19)15-11-18(15)23(22,27)6-3-9-25;1-22-6-3-12(25)9-17(22)13-10-14(13)20-16(22)4-7-23(2)21(20)15-11-18(15)24(23)8-5-19(26)27-24;;;/h13-20,25-28H,3-12H2,1-2H3;9,13-16,18,20-21H,3-8,10-11H2,1-2H3;;;/t13-,14-,15+,16?,17+,18-,19?,20?,21+,22-,23-,24+;13-,14+,15-,16?,18+,20?,21?,22-,23+,24+;;;/m01.../s1. The molecule has 4 N–H and O–H groups in total. The van der Waals surface area contributed by atoms with Crippen molar-refractivity contribution in [2.45, 2.75) is 160 Å². The molecule has 0 bridgehead atoms. The van der Waals surface area contributed by atoms with Crippen LogP contribution in [0.25, 0.3) is 0 Å². The molecule has 12 fully saturated rings. The molecule has 13 rings (SSSR count). The van der Waals surface area contributed by atoms with E-state index in [2.05, 4.69) is 33.8 Å². The zero-order valence-electron chi connectivity index (χ0n) is 35.2. The quantitative estimate of drug-likeness (QED) is 0.178. The monoisotopic (exact) mass is 843 g/mol. The minimum absolute atomic E-state index is 0.0238. The van der Waals surface area contributed by atoms with Gasteiger partial charge < -0.3 is 25.2 Å². The van der Waals surface area contributed by atoms with E-state index >= 15 is 0 Å². The van der Waals surface area contributed by atoms with Crippen LogP contribution < -0.4 is 0 Å². The number of hydrogen-bond donors (Lipinski definition) is 4. The van der Waals surface area contributed by atoms with Gasteiger partial charge in [-0.25, -0.2) is 0 Å². The average Bonchev–Trinajstić information content (AvgIpc) is 4.01. The molecule has 1 aliphatic heterocycles. The fourth-order valence-corrected chi connectivity index (χ4v) is 19.9. The maximum atomic E-state index is 12.2. The van der Waals surface area contributed by atoms with Crippen LogP contribution in [0.1, 0.15) is 137 Å². The normalized spacial score (nSPS) is 61.0. The van der Waals surface area contributed by atoms with Gasteiger partial charge in [0.1, 0.15) is 5.60 Å². The number of allylic oxidation sites excluding steroid dienone is 1. The van der Waals surface area contributed by atoms with Crippen LogP contribution in [0.4, 0.5) is 0 Å². The van der Waals surface area contributed by atoms with Crippen molar-refractivity contribution in [2.75, 3.05) is 6.61 Å². The van der Waals surface area contributed by atoms with Gasteiger partial charge in [0, 0.05) is 37.2 Å². The molecular weight excluding hydrogens is 775 g/mol. The summed E-state index contributed by atoms with van der Waals surface area (Å²) in [5, 5.41) is 43.4. The van der Waals surface area contributed by atoms with Gasteiger partial charge in [-0.2, -0.15) is 0 Å². The van der Waals surface area contributed by atoms with Gasteiger partial charge in [-0.3, -0.25) is 9.59 Å². The fourth-order valence-electron chi connectivity index (χ4n) is 19.9.